The van der Waals surface area contributed by atoms with Crippen LogP contribution >= 0.6 is 0 Å². The normalized spacial score (nSPS) is 12.9. The Morgan fingerprint density at radius 3 is 2.27 bits per heavy atom. The van der Waals surface area contributed by atoms with Crippen LogP contribution in [-0.4, -0.2) is 29.9 Å². The molecule has 1 unspecified atom stereocenters. The first kappa shape index (κ1) is 14.4. The standard InChI is InChI=1S/C12H26N2O/c1-5-7-14(10(3)4)12(15)8-11(6-2)9-13/h10-11H,5-9,13H2,1-4H3. The van der Waals surface area contributed by atoms with E-state index in [-0.39, 0.29) is 5.91 Å². The molecule has 0 radical (unpaired) electrons. The van der Waals surface area contributed by atoms with Crippen LogP contribution < -0.4 is 5.73 Å². The second-order valence-electron chi connectivity index (χ2n) is 4.39. The van der Waals surface area contributed by atoms with Gasteiger partial charge < -0.3 is 10.6 Å². The van der Waals surface area contributed by atoms with Crippen LogP contribution in [0.2, 0.25) is 0 Å². The summed E-state index contributed by atoms with van der Waals surface area (Å²) in [4.78, 5) is 13.9. The lowest BCUT2D eigenvalue weighted by molar-refractivity contribution is -0.133. The molecule has 0 aliphatic carbocycles. The molecule has 3 nitrogen and oxygen atoms in total. The lowest BCUT2D eigenvalue weighted by Crippen LogP contribution is -2.39. The Morgan fingerprint density at radius 1 is 1.33 bits per heavy atom. The minimum atomic E-state index is 0.254. The number of hydrogen-bond acceptors (Lipinski definition) is 2. The summed E-state index contributed by atoms with van der Waals surface area (Å²) in [5.41, 5.74) is 5.61. The number of amides is 1. The lowest BCUT2D eigenvalue weighted by atomic mass is 10.0. The first-order valence-corrected chi connectivity index (χ1v) is 6.06. The summed E-state index contributed by atoms with van der Waals surface area (Å²) in [6, 6.07) is 0.299. The van der Waals surface area contributed by atoms with Gasteiger partial charge in [-0.25, -0.2) is 0 Å². The average molecular weight is 214 g/mol. The van der Waals surface area contributed by atoms with Crippen molar-refractivity contribution in [3.8, 4) is 0 Å². The summed E-state index contributed by atoms with van der Waals surface area (Å²) in [6.45, 7) is 9.79. The number of nitrogens with zero attached hydrogens (tertiary/aromatic N) is 1. The second-order valence-corrected chi connectivity index (χ2v) is 4.39. The maximum absolute atomic E-state index is 12.0. The maximum atomic E-state index is 12.0. The van der Waals surface area contributed by atoms with Gasteiger partial charge in [0.05, 0.1) is 0 Å². The van der Waals surface area contributed by atoms with Crippen molar-refractivity contribution in [1.29, 1.82) is 0 Å². The van der Waals surface area contributed by atoms with Crippen LogP contribution in [0.25, 0.3) is 0 Å². The van der Waals surface area contributed by atoms with Gasteiger partial charge in [-0.1, -0.05) is 20.3 Å². The highest BCUT2D eigenvalue weighted by molar-refractivity contribution is 5.76. The Bertz CT molecular complexity index is 176. The van der Waals surface area contributed by atoms with Crippen molar-refractivity contribution in [3.05, 3.63) is 0 Å². The SMILES string of the molecule is CCCN(C(=O)CC(CC)CN)C(C)C. The van der Waals surface area contributed by atoms with Gasteiger partial charge in [-0.2, -0.15) is 0 Å². The molecule has 0 bridgehead atoms. The molecule has 0 aromatic carbocycles. The predicted octanol–water partition coefficient (Wildman–Crippen LogP) is 2.01. The number of rotatable bonds is 7. The molecule has 1 amide bonds. The monoisotopic (exact) mass is 214 g/mol. The van der Waals surface area contributed by atoms with Crippen LogP contribution in [0, 0.1) is 5.92 Å². The zero-order valence-electron chi connectivity index (χ0n) is 10.6. The highest BCUT2D eigenvalue weighted by atomic mass is 16.2. The molecule has 0 heterocycles. The number of carbonyl (C=O) groups is 1. The molecule has 0 aliphatic rings. The van der Waals surface area contributed by atoms with E-state index in [2.05, 4.69) is 27.7 Å². The van der Waals surface area contributed by atoms with E-state index in [1.54, 1.807) is 0 Å². The van der Waals surface area contributed by atoms with E-state index in [0.717, 1.165) is 19.4 Å². The van der Waals surface area contributed by atoms with Crippen molar-refractivity contribution in [2.45, 2.75) is 53.0 Å². The molecule has 0 rings (SSSR count). The zero-order valence-corrected chi connectivity index (χ0v) is 10.6. The molecule has 0 spiro atoms. The van der Waals surface area contributed by atoms with Gasteiger partial charge in [-0.05, 0) is 32.7 Å². The van der Waals surface area contributed by atoms with Gasteiger partial charge in [-0.3, -0.25) is 4.79 Å². The Balaban J connectivity index is 4.24. The Labute approximate surface area is 94.0 Å². The van der Waals surface area contributed by atoms with E-state index in [4.69, 9.17) is 5.73 Å². The molecule has 0 saturated heterocycles. The van der Waals surface area contributed by atoms with Crippen LogP contribution in [0.5, 0.6) is 0 Å². The zero-order chi connectivity index (χ0) is 11.8. The largest absolute Gasteiger partial charge is 0.340 e. The van der Waals surface area contributed by atoms with Crippen molar-refractivity contribution >= 4 is 5.91 Å². The van der Waals surface area contributed by atoms with Gasteiger partial charge in [-0.15, -0.1) is 0 Å². The molecular formula is C12H26N2O. The highest BCUT2D eigenvalue weighted by Gasteiger charge is 2.18. The minimum absolute atomic E-state index is 0.254. The van der Waals surface area contributed by atoms with Gasteiger partial charge in [0.25, 0.3) is 0 Å². The summed E-state index contributed by atoms with van der Waals surface area (Å²) in [6.07, 6.45) is 2.61. The highest BCUT2D eigenvalue weighted by Crippen LogP contribution is 2.11. The van der Waals surface area contributed by atoms with E-state index < -0.39 is 0 Å². The fraction of sp³-hybridized carbons (Fsp3) is 0.917. The van der Waals surface area contributed by atoms with Crippen molar-refractivity contribution < 1.29 is 4.79 Å². The summed E-state index contributed by atoms with van der Waals surface area (Å²) in [5.74, 6) is 0.597. The fourth-order valence-electron chi connectivity index (χ4n) is 1.67. The van der Waals surface area contributed by atoms with Gasteiger partial charge in [0, 0.05) is 19.0 Å². The number of hydrogen-bond donors (Lipinski definition) is 1. The predicted molar refractivity (Wildman–Crippen MR) is 64.6 cm³/mol. The first-order chi connectivity index (χ1) is 7.06. The Hall–Kier alpha value is -0.570. The van der Waals surface area contributed by atoms with Crippen molar-refractivity contribution in [2.24, 2.45) is 11.7 Å². The summed E-state index contributed by atoms with van der Waals surface area (Å²) < 4.78 is 0. The molecule has 0 saturated carbocycles. The Kier molecular flexibility index (Phi) is 7.39. The summed E-state index contributed by atoms with van der Waals surface area (Å²) >= 11 is 0. The molecule has 0 fully saturated rings. The van der Waals surface area contributed by atoms with Crippen LogP contribution in [0.15, 0.2) is 0 Å². The molecule has 1 atom stereocenters. The van der Waals surface area contributed by atoms with Gasteiger partial charge >= 0.3 is 0 Å². The first-order valence-electron chi connectivity index (χ1n) is 6.06. The third-order valence-electron chi connectivity index (χ3n) is 2.78. The molecule has 90 valence electrons. The van der Waals surface area contributed by atoms with E-state index in [1.165, 1.54) is 0 Å². The van der Waals surface area contributed by atoms with Crippen LogP contribution in [0.3, 0.4) is 0 Å². The van der Waals surface area contributed by atoms with Crippen LogP contribution in [0.4, 0.5) is 0 Å². The topological polar surface area (TPSA) is 46.3 Å². The fourth-order valence-corrected chi connectivity index (χ4v) is 1.67. The molecule has 15 heavy (non-hydrogen) atoms. The Morgan fingerprint density at radius 2 is 1.93 bits per heavy atom. The van der Waals surface area contributed by atoms with Crippen molar-refractivity contribution in [1.82, 2.24) is 4.90 Å². The van der Waals surface area contributed by atoms with Crippen LogP contribution in [-0.2, 0) is 4.79 Å². The van der Waals surface area contributed by atoms with Crippen molar-refractivity contribution in [2.75, 3.05) is 13.1 Å². The average Bonchev–Trinajstić information content (AvgIpc) is 2.21. The lowest BCUT2D eigenvalue weighted by Gasteiger charge is -2.27. The minimum Gasteiger partial charge on any atom is -0.340 e. The molecule has 2 N–H and O–H groups in total. The quantitative estimate of drug-likeness (QED) is 0.704. The third kappa shape index (κ3) is 5.17. The smallest absolute Gasteiger partial charge is 0.223 e. The van der Waals surface area contributed by atoms with Gasteiger partial charge in [0.1, 0.15) is 0 Å². The second kappa shape index (κ2) is 7.69. The number of carbonyl (C=O) groups excluding carboxylic acids is 1. The molecule has 3 heteroatoms. The molecular weight excluding hydrogens is 188 g/mol. The summed E-state index contributed by atoms with van der Waals surface area (Å²) in [5, 5.41) is 0. The summed E-state index contributed by atoms with van der Waals surface area (Å²) in [7, 11) is 0. The van der Waals surface area contributed by atoms with Crippen LogP contribution in [0.1, 0.15) is 47.0 Å². The molecule has 0 aromatic heterocycles. The maximum Gasteiger partial charge on any atom is 0.223 e. The van der Waals surface area contributed by atoms with Gasteiger partial charge in [0.2, 0.25) is 5.91 Å². The van der Waals surface area contributed by atoms with Gasteiger partial charge in [0.15, 0.2) is 0 Å². The third-order valence-corrected chi connectivity index (χ3v) is 2.78. The van der Waals surface area contributed by atoms with E-state index in [1.807, 2.05) is 4.90 Å². The number of nitrogens with two attached hydrogens (primary N) is 1. The molecule has 0 aromatic rings. The molecule has 0 aliphatic heterocycles. The van der Waals surface area contributed by atoms with E-state index >= 15 is 0 Å². The van der Waals surface area contributed by atoms with Crippen molar-refractivity contribution in [3.63, 3.8) is 0 Å². The van der Waals surface area contributed by atoms with E-state index in [0.29, 0.717) is 24.9 Å². The van der Waals surface area contributed by atoms with E-state index in [9.17, 15) is 4.79 Å².